The number of methoxy groups -OCH3 is 1. The molecule has 0 aliphatic carbocycles. The SMILES string of the molecule is COc1ccc([N+](=O)[O-])cc1/C=N\Nc1nc(Nc2ccc([N+](=O)[O-])cc2)nc(N2CCN(C)CC2)n1. The van der Waals surface area contributed by atoms with Gasteiger partial charge in [-0.2, -0.15) is 20.1 Å². The third-order valence-electron chi connectivity index (χ3n) is 5.54. The van der Waals surface area contributed by atoms with Crippen molar-refractivity contribution in [2.75, 3.05) is 56.0 Å². The number of nitro benzene ring substituents is 2. The number of nitro groups is 2. The number of anilines is 4. The Balaban J connectivity index is 1.59. The van der Waals surface area contributed by atoms with E-state index in [1.807, 2.05) is 11.9 Å². The van der Waals surface area contributed by atoms with Crippen LogP contribution in [0.5, 0.6) is 5.75 Å². The highest BCUT2D eigenvalue weighted by atomic mass is 16.6. The summed E-state index contributed by atoms with van der Waals surface area (Å²) in [5.74, 6) is 1.18. The molecule has 0 amide bonds. The van der Waals surface area contributed by atoms with E-state index in [0.717, 1.165) is 13.1 Å². The summed E-state index contributed by atoms with van der Waals surface area (Å²) in [5, 5.41) is 29.2. The van der Waals surface area contributed by atoms with E-state index in [9.17, 15) is 20.2 Å². The molecule has 2 N–H and O–H groups in total. The molecule has 0 spiro atoms. The first-order valence-electron chi connectivity index (χ1n) is 11.1. The van der Waals surface area contributed by atoms with Crippen LogP contribution in [0.4, 0.5) is 34.9 Å². The molecule has 2 aromatic carbocycles. The second-order valence-corrected chi connectivity index (χ2v) is 8.06. The first-order chi connectivity index (χ1) is 17.8. The van der Waals surface area contributed by atoms with Crippen molar-refractivity contribution in [3.63, 3.8) is 0 Å². The molecular formula is C22H24N10O5. The van der Waals surface area contributed by atoms with Gasteiger partial charge in [0.2, 0.25) is 17.8 Å². The Morgan fingerprint density at radius 1 is 0.946 bits per heavy atom. The molecule has 1 aliphatic rings. The number of benzene rings is 2. The summed E-state index contributed by atoms with van der Waals surface area (Å²) in [7, 11) is 3.49. The molecule has 3 aromatic rings. The highest BCUT2D eigenvalue weighted by Gasteiger charge is 2.19. The fourth-order valence-corrected chi connectivity index (χ4v) is 3.51. The van der Waals surface area contributed by atoms with E-state index in [2.05, 4.69) is 35.7 Å². The van der Waals surface area contributed by atoms with Crippen molar-refractivity contribution < 1.29 is 14.6 Å². The number of hydrogen-bond acceptors (Lipinski definition) is 13. The highest BCUT2D eigenvalue weighted by molar-refractivity contribution is 5.85. The summed E-state index contributed by atoms with van der Waals surface area (Å²) in [5.41, 5.74) is 3.55. The lowest BCUT2D eigenvalue weighted by atomic mass is 10.2. The zero-order valence-electron chi connectivity index (χ0n) is 20.1. The number of nitrogens with one attached hydrogen (secondary N) is 2. The Hall–Kier alpha value is -4.92. The van der Waals surface area contributed by atoms with Crippen LogP contribution in [-0.2, 0) is 0 Å². The van der Waals surface area contributed by atoms with E-state index in [1.54, 1.807) is 12.1 Å². The number of piperazine rings is 1. The summed E-state index contributed by atoms with van der Waals surface area (Å²) in [6, 6.07) is 10.0. The van der Waals surface area contributed by atoms with Crippen LogP contribution in [0.3, 0.4) is 0 Å². The molecule has 0 bridgehead atoms. The fourth-order valence-electron chi connectivity index (χ4n) is 3.51. The van der Waals surface area contributed by atoms with Gasteiger partial charge in [-0.05, 0) is 25.2 Å². The van der Waals surface area contributed by atoms with Gasteiger partial charge >= 0.3 is 0 Å². The van der Waals surface area contributed by atoms with Crippen molar-refractivity contribution in [2.45, 2.75) is 0 Å². The Kier molecular flexibility index (Phi) is 7.63. The van der Waals surface area contributed by atoms with E-state index in [0.29, 0.717) is 36.0 Å². The van der Waals surface area contributed by atoms with Crippen LogP contribution < -0.4 is 20.4 Å². The number of ether oxygens (including phenoxy) is 1. The van der Waals surface area contributed by atoms with Crippen LogP contribution in [0, 0.1) is 20.2 Å². The number of hydrazone groups is 1. The van der Waals surface area contributed by atoms with Crippen molar-refractivity contribution in [1.82, 2.24) is 19.9 Å². The number of aromatic nitrogens is 3. The third-order valence-corrected chi connectivity index (χ3v) is 5.54. The van der Waals surface area contributed by atoms with E-state index in [1.165, 1.54) is 43.7 Å². The summed E-state index contributed by atoms with van der Waals surface area (Å²) in [4.78, 5) is 38.6. The second-order valence-electron chi connectivity index (χ2n) is 8.06. The lowest BCUT2D eigenvalue weighted by molar-refractivity contribution is -0.385. The van der Waals surface area contributed by atoms with E-state index in [-0.39, 0.29) is 23.3 Å². The van der Waals surface area contributed by atoms with Crippen LogP contribution in [0.15, 0.2) is 47.6 Å². The predicted octanol–water partition coefficient (Wildman–Crippen LogP) is 2.64. The first kappa shape index (κ1) is 25.2. The Morgan fingerprint density at radius 3 is 2.24 bits per heavy atom. The predicted molar refractivity (Wildman–Crippen MR) is 137 cm³/mol. The highest BCUT2D eigenvalue weighted by Crippen LogP contribution is 2.23. The average molecular weight is 508 g/mol. The van der Waals surface area contributed by atoms with Gasteiger partial charge in [-0.25, -0.2) is 5.43 Å². The summed E-state index contributed by atoms with van der Waals surface area (Å²) < 4.78 is 5.25. The van der Waals surface area contributed by atoms with Crippen LogP contribution >= 0.6 is 0 Å². The maximum absolute atomic E-state index is 11.1. The lowest BCUT2D eigenvalue weighted by Gasteiger charge is -2.32. The number of rotatable bonds is 9. The zero-order valence-corrected chi connectivity index (χ0v) is 20.1. The largest absolute Gasteiger partial charge is 0.496 e. The van der Waals surface area contributed by atoms with Crippen LogP contribution in [0.25, 0.3) is 0 Å². The number of likely N-dealkylation sites (N-methyl/N-ethyl adjacent to an activating group) is 1. The number of nitrogens with zero attached hydrogens (tertiary/aromatic N) is 8. The van der Waals surface area contributed by atoms with Crippen molar-refractivity contribution in [3.05, 3.63) is 68.3 Å². The summed E-state index contributed by atoms with van der Waals surface area (Å²) in [6.07, 6.45) is 1.37. The van der Waals surface area contributed by atoms with Gasteiger partial charge in [0.25, 0.3) is 11.4 Å². The molecule has 15 nitrogen and oxygen atoms in total. The van der Waals surface area contributed by atoms with E-state index in [4.69, 9.17) is 4.74 Å². The van der Waals surface area contributed by atoms with Crippen molar-refractivity contribution in [2.24, 2.45) is 5.10 Å². The second kappa shape index (κ2) is 11.2. The standard InChI is InChI=1S/C22H24N10O5/c1-29-9-11-30(12-10-29)22-26-20(24-16-3-5-17(6-4-16)31(33)34)25-21(27-22)28-23-14-15-13-18(32(35)36)7-8-19(15)37-2/h3-8,13-14H,9-12H2,1-2H3,(H2,24,25,26,27,28)/b23-14-. The molecule has 0 unspecified atom stereocenters. The Morgan fingerprint density at radius 2 is 1.59 bits per heavy atom. The molecule has 1 saturated heterocycles. The fraction of sp³-hybridized carbons (Fsp3) is 0.273. The maximum Gasteiger partial charge on any atom is 0.270 e. The third kappa shape index (κ3) is 6.40. The van der Waals surface area contributed by atoms with Gasteiger partial charge in [-0.15, -0.1) is 0 Å². The molecule has 37 heavy (non-hydrogen) atoms. The van der Waals surface area contributed by atoms with Crippen LogP contribution in [0.1, 0.15) is 5.56 Å². The maximum atomic E-state index is 11.1. The lowest BCUT2D eigenvalue weighted by Crippen LogP contribution is -2.45. The van der Waals surface area contributed by atoms with E-state index < -0.39 is 9.85 Å². The summed E-state index contributed by atoms with van der Waals surface area (Å²) in [6.45, 7) is 3.10. The van der Waals surface area contributed by atoms with Crippen LogP contribution in [-0.4, -0.2) is 76.2 Å². The van der Waals surface area contributed by atoms with Gasteiger partial charge in [-0.1, -0.05) is 0 Å². The minimum atomic E-state index is -0.505. The topological polar surface area (TPSA) is 177 Å². The molecule has 0 saturated carbocycles. The monoisotopic (exact) mass is 508 g/mol. The smallest absolute Gasteiger partial charge is 0.270 e. The van der Waals surface area contributed by atoms with E-state index >= 15 is 0 Å². The van der Waals surface area contributed by atoms with Gasteiger partial charge in [-0.3, -0.25) is 20.2 Å². The summed E-state index contributed by atoms with van der Waals surface area (Å²) >= 11 is 0. The molecule has 0 atom stereocenters. The number of non-ortho nitro benzene ring substituents is 2. The number of hydrogen-bond donors (Lipinski definition) is 2. The Labute approximate surface area is 211 Å². The Bertz CT molecular complexity index is 1310. The molecule has 1 fully saturated rings. The van der Waals surface area contributed by atoms with Gasteiger partial charge in [0.05, 0.1) is 23.2 Å². The molecule has 15 heteroatoms. The molecular weight excluding hydrogens is 484 g/mol. The molecule has 0 radical (unpaired) electrons. The zero-order chi connectivity index (χ0) is 26.4. The first-order valence-corrected chi connectivity index (χ1v) is 11.1. The normalized spacial score (nSPS) is 13.9. The van der Waals surface area contributed by atoms with Gasteiger partial charge < -0.3 is 19.9 Å². The van der Waals surface area contributed by atoms with Crippen molar-refractivity contribution >= 4 is 41.1 Å². The quantitative estimate of drug-likeness (QED) is 0.246. The minimum absolute atomic E-state index is 0.0346. The van der Waals surface area contributed by atoms with Crippen molar-refractivity contribution in [3.8, 4) is 5.75 Å². The van der Waals surface area contributed by atoms with Gasteiger partial charge in [0.1, 0.15) is 5.75 Å². The molecule has 1 aromatic heterocycles. The van der Waals surface area contributed by atoms with Gasteiger partial charge in [0, 0.05) is 61.7 Å². The minimum Gasteiger partial charge on any atom is -0.496 e. The molecule has 1 aliphatic heterocycles. The average Bonchev–Trinajstić information content (AvgIpc) is 2.89. The molecule has 192 valence electrons. The molecule has 2 heterocycles. The molecule has 4 rings (SSSR count). The van der Waals surface area contributed by atoms with Gasteiger partial charge in [0.15, 0.2) is 0 Å². The van der Waals surface area contributed by atoms with Crippen LogP contribution in [0.2, 0.25) is 0 Å². The van der Waals surface area contributed by atoms with Crippen molar-refractivity contribution in [1.29, 1.82) is 0 Å².